The van der Waals surface area contributed by atoms with Crippen LogP contribution in [0.1, 0.15) is 174 Å². The molecule has 17 atom stereocenters. The molecule has 0 aromatic rings. The van der Waals surface area contributed by atoms with Crippen molar-refractivity contribution in [3.8, 4) is 0 Å². The number of nitrogens with one attached hydrogen (secondary N) is 1. The van der Waals surface area contributed by atoms with E-state index in [0.717, 1.165) is 57.8 Å². The van der Waals surface area contributed by atoms with Crippen LogP contribution in [0.5, 0.6) is 0 Å². The molecule has 3 heterocycles. The second kappa shape index (κ2) is 43.8. The zero-order chi connectivity index (χ0) is 58.3. The second-order valence-corrected chi connectivity index (χ2v) is 21.4. The van der Waals surface area contributed by atoms with Crippen molar-refractivity contribution in [2.24, 2.45) is 0 Å². The first kappa shape index (κ1) is 71.5. The van der Waals surface area contributed by atoms with Gasteiger partial charge in [0.05, 0.1) is 38.6 Å². The number of unbranched alkanes of at least 4 members (excludes halogenated alkanes) is 17. The standard InChI is InChI=1S/C61H105NO18/c1-3-5-7-9-11-13-15-17-19-20-21-22-23-25-26-28-30-32-34-36-38-45(66)44(62-49(67)39-37-35-33-31-29-27-24-18-16-14-12-10-8-6-4-2)43-75-59-55(73)52(70)57(47(41-64)77-59)80-61-56(74)53(71)58(48(42-65)78-61)79-60-54(72)51(69)50(68)46(40-63)76-60/h6,8,12,14,18,24,28-31,36,38,44-48,50-61,63-66,68-74H,3-5,7,9-11,13,15-17,19-23,25-27,32-35,37,39-43H2,1-2H3,(H,62,67)/b8-6-,14-12-,24-18-,30-28+,31-29-,38-36+. The van der Waals surface area contributed by atoms with E-state index >= 15 is 0 Å². The van der Waals surface area contributed by atoms with Gasteiger partial charge in [-0.2, -0.15) is 0 Å². The lowest BCUT2D eigenvalue weighted by molar-refractivity contribution is -0.379. The molecule has 0 bridgehead atoms. The third-order valence-electron chi connectivity index (χ3n) is 14.7. The smallest absolute Gasteiger partial charge is 0.220 e. The van der Waals surface area contributed by atoms with Crippen LogP contribution in [0, 0.1) is 0 Å². The summed E-state index contributed by atoms with van der Waals surface area (Å²) in [7, 11) is 0. The average molecular weight is 1140 g/mol. The summed E-state index contributed by atoms with van der Waals surface area (Å²) in [5, 5.41) is 120. The molecule has 19 heteroatoms. The normalized spacial score (nSPS) is 30.5. The van der Waals surface area contributed by atoms with Crippen molar-refractivity contribution < 1.29 is 89.4 Å². The highest BCUT2D eigenvalue weighted by Crippen LogP contribution is 2.33. The maximum atomic E-state index is 13.3. The lowest BCUT2D eigenvalue weighted by Crippen LogP contribution is -2.66. The fourth-order valence-electron chi connectivity index (χ4n) is 9.78. The van der Waals surface area contributed by atoms with Gasteiger partial charge in [-0.25, -0.2) is 0 Å². The van der Waals surface area contributed by atoms with Gasteiger partial charge in [0.1, 0.15) is 73.2 Å². The van der Waals surface area contributed by atoms with Gasteiger partial charge in [-0.1, -0.05) is 170 Å². The Morgan fingerprint density at radius 2 is 0.875 bits per heavy atom. The minimum atomic E-state index is -1.99. The van der Waals surface area contributed by atoms with Gasteiger partial charge >= 0.3 is 0 Å². The zero-order valence-electron chi connectivity index (χ0n) is 48.0. The molecule has 3 rings (SSSR count). The summed E-state index contributed by atoms with van der Waals surface area (Å²) in [6.07, 6.45) is 24.6. The van der Waals surface area contributed by atoms with Gasteiger partial charge in [-0.3, -0.25) is 4.79 Å². The van der Waals surface area contributed by atoms with E-state index in [-0.39, 0.29) is 18.9 Å². The highest BCUT2D eigenvalue weighted by Gasteiger charge is 2.53. The SMILES string of the molecule is CC/C=C\C/C=C\C/C=C\C/C=C\CCCCC(=O)NC(COC1OC(CO)C(OC2OC(CO)C(OC3OC(CO)C(O)C(O)C3O)C(O)C2O)C(O)C1O)C(O)/C=C/CC/C=C/CCCCCCCCCCCCCCCC. The van der Waals surface area contributed by atoms with Crippen molar-refractivity contribution in [3.63, 3.8) is 0 Å². The molecule has 0 radical (unpaired) electrons. The Bertz CT molecular complexity index is 1740. The minimum absolute atomic E-state index is 0.180. The van der Waals surface area contributed by atoms with Crippen molar-refractivity contribution in [3.05, 3.63) is 72.9 Å². The van der Waals surface area contributed by atoms with Crippen LogP contribution >= 0.6 is 0 Å². The third-order valence-corrected chi connectivity index (χ3v) is 14.7. The highest BCUT2D eigenvalue weighted by atomic mass is 16.8. The third kappa shape index (κ3) is 27.3. The summed E-state index contributed by atoms with van der Waals surface area (Å²) in [4.78, 5) is 13.3. The maximum Gasteiger partial charge on any atom is 0.220 e. The summed E-state index contributed by atoms with van der Waals surface area (Å²) in [5.41, 5.74) is 0. The summed E-state index contributed by atoms with van der Waals surface area (Å²) >= 11 is 0. The number of hydrogen-bond acceptors (Lipinski definition) is 18. The second-order valence-electron chi connectivity index (χ2n) is 21.4. The number of carbonyl (C=O) groups excluding carboxylic acids is 1. The van der Waals surface area contributed by atoms with Crippen molar-refractivity contribution in [2.75, 3.05) is 26.4 Å². The van der Waals surface area contributed by atoms with E-state index < -0.39 is 124 Å². The van der Waals surface area contributed by atoms with Crippen LogP contribution in [-0.4, -0.2) is 193 Å². The lowest BCUT2D eigenvalue weighted by atomic mass is 9.96. The number of carbonyl (C=O) groups is 1. The summed E-state index contributed by atoms with van der Waals surface area (Å²) in [6, 6.07) is -1.01. The number of ether oxygens (including phenoxy) is 6. The fraction of sp³-hybridized carbons (Fsp3) is 0.787. The van der Waals surface area contributed by atoms with Crippen molar-refractivity contribution in [1.29, 1.82) is 0 Å². The molecule has 3 saturated heterocycles. The molecular formula is C61H105NO18. The Morgan fingerprint density at radius 1 is 0.463 bits per heavy atom. The molecule has 3 aliphatic heterocycles. The molecule has 17 unspecified atom stereocenters. The number of allylic oxidation sites excluding steroid dienone is 11. The Morgan fingerprint density at radius 3 is 1.40 bits per heavy atom. The summed E-state index contributed by atoms with van der Waals surface area (Å²) < 4.78 is 34.2. The number of amides is 1. The Hall–Kier alpha value is -2.77. The van der Waals surface area contributed by atoms with E-state index in [9.17, 15) is 61.0 Å². The molecule has 462 valence electrons. The Balaban J connectivity index is 1.53. The fourth-order valence-corrected chi connectivity index (χ4v) is 9.78. The molecule has 0 aliphatic carbocycles. The van der Waals surface area contributed by atoms with Crippen LogP contribution in [0.3, 0.4) is 0 Å². The van der Waals surface area contributed by atoms with Gasteiger partial charge in [0.2, 0.25) is 5.91 Å². The molecule has 3 fully saturated rings. The van der Waals surface area contributed by atoms with Crippen LogP contribution < -0.4 is 5.32 Å². The van der Waals surface area contributed by atoms with Crippen LogP contribution in [0.4, 0.5) is 0 Å². The summed E-state index contributed by atoms with van der Waals surface area (Å²) in [5.74, 6) is -0.329. The van der Waals surface area contributed by atoms with Crippen LogP contribution in [0.2, 0.25) is 0 Å². The predicted molar refractivity (Wildman–Crippen MR) is 305 cm³/mol. The lowest BCUT2D eigenvalue weighted by Gasteiger charge is -2.48. The predicted octanol–water partition coefficient (Wildman–Crippen LogP) is 5.43. The average Bonchev–Trinajstić information content (AvgIpc) is 3.50. The van der Waals surface area contributed by atoms with E-state index in [1.165, 1.54) is 83.5 Å². The molecule has 80 heavy (non-hydrogen) atoms. The van der Waals surface area contributed by atoms with Gasteiger partial charge in [-0.05, 0) is 70.6 Å². The molecule has 0 aromatic heterocycles. The van der Waals surface area contributed by atoms with Crippen LogP contribution in [0.15, 0.2) is 72.9 Å². The van der Waals surface area contributed by atoms with Gasteiger partial charge in [0, 0.05) is 6.42 Å². The largest absolute Gasteiger partial charge is 0.394 e. The van der Waals surface area contributed by atoms with Crippen LogP contribution in [-0.2, 0) is 33.2 Å². The molecule has 0 aromatic carbocycles. The van der Waals surface area contributed by atoms with Gasteiger partial charge in [-0.15, -0.1) is 0 Å². The number of rotatable bonds is 43. The molecule has 19 nitrogen and oxygen atoms in total. The van der Waals surface area contributed by atoms with Gasteiger partial charge < -0.3 is 89.9 Å². The topological polar surface area (TPSA) is 307 Å². The van der Waals surface area contributed by atoms with Crippen LogP contribution in [0.25, 0.3) is 0 Å². The number of aliphatic hydroxyl groups excluding tert-OH is 11. The first-order chi connectivity index (χ1) is 38.8. The molecular weight excluding hydrogens is 1030 g/mol. The van der Waals surface area contributed by atoms with E-state index in [2.05, 4.69) is 79.9 Å². The first-order valence-electron chi connectivity index (χ1n) is 30.2. The minimum Gasteiger partial charge on any atom is -0.394 e. The first-order valence-corrected chi connectivity index (χ1v) is 30.2. The molecule has 0 saturated carbocycles. The van der Waals surface area contributed by atoms with E-state index in [1.54, 1.807) is 6.08 Å². The molecule has 0 spiro atoms. The quantitative estimate of drug-likeness (QED) is 0.0268. The van der Waals surface area contributed by atoms with E-state index in [4.69, 9.17) is 28.4 Å². The Labute approximate surface area is 477 Å². The molecule has 1 amide bonds. The monoisotopic (exact) mass is 1140 g/mol. The molecule has 12 N–H and O–H groups in total. The van der Waals surface area contributed by atoms with Gasteiger partial charge in [0.25, 0.3) is 0 Å². The van der Waals surface area contributed by atoms with Crippen molar-refractivity contribution in [1.82, 2.24) is 5.32 Å². The van der Waals surface area contributed by atoms with Gasteiger partial charge in [0.15, 0.2) is 18.9 Å². The van der Waals surface area contributed by atoms with E-state index in [1.807, 2.05) is 6.08 Å². The highest BCUT2D eigenvalue weighted by molar-refractivity contribution is 5.76. The molecule has 3 aliphatic rings. The van der Waals surface area contributed by atoms with Crippen molar-refractivity contribution >= 4 is 5.91 Å². The zero-order valence-corrected chi connectivity index (χ0v) is 48.0. The Kier molecular flexibility index (Phi) is 39.2. The number of hydrogen-bond donors (Lipinski definition) is 12. The summed E-state index contributed by atoms with van der Waals surface area (Å²) in [6.45, 7) is 1.54. The number of aliphatic hydroxyl groups is 11. The maximum absolute atomic E-state index is 13.3. The van der Waals surface area contributed by atoms with Crippen molar-refractivity contribution in [2.45, 2.75) is 279 Å². The van der Waals surface area contributed by atoms with E-state index in [0.29, 0.717) is 12.8 Å².